The number of carbonyl (C=O) groups is 2. The lowest BCUT2D eigenvalue weighted by atomic mass is 9.93. The molecule has 0 spiro atoms. The molecule has 10 heteroatoms. The molecule has 0 unspecified atom stereocenters. The summed E-state index contributed by atoms with van der Waals surface area (Å²) in [5, 5.41) is 17.0. The van der Waals surface area contributed by atoms with Crippen LogP contribution < -0.4 is 26.7 Å². The van der Waals surface area contributed by atoms with Crippen LogP contribution in [0.1, 0.15) is 45.8 Å². The lowest BCUT2D eigenvalue weighted by molar-refractivity contribution is 0.0786. The summed E-state index contributed by atoms with van der Waals surface area (Å²) in [4.78, 5) is 42.3. The molecular weight excluding hydrogens is 606 g/mol. The van der Waals surface area contributed by atoms with E-state index in [1.807, 2.05) is 36.4 Å². The third-order valence-electron chi connectivity index (χ3n) is 8.03. The van der Waals surface area contributed by atoms with Gasteiger partial charge in [0.15, 0.2) is 0 Å². The number of H-pyrrole nitrogens is 1. The van der Waals surface area contributed by atoms with Gasteiger partial charge in [-0.1, -0.05) is 48.5 Å². The number of hydrogen-bond donors (Lipinski definition) is 5. The third-order valence-corrected chi connectivity index (χ3v) is 8.03. The number of benzene rings is 4. The average molecular weight is 642 g/mol. The number of nitrogens with zero attached hydrogens (tertiary/aromatic N) is 1. The molecule has 10 nitrogen and oxygen atoms in total. The fraction of sp³-hybridized carbons (Fsp3) is 0.132. The van der Waals surface area contributed by atoms with E-state index in [4.69, 9.17) is 10.5 Å². The van der Waals surface area contributed by atoms with Crippen molar-refractivity contribution in [3.05, 3.63) is 142 Å². The van der Waals surface area contributed by atoms with E-state index in [1.54, 1.807) is 93.8 Å². The van der Waals surface area contributed by atoms with Crippen LogP contribution in [-0.4, -0.2) is 26.5 Å². The number of hydrogen-bond acceptors (Lipinski definition) is 6. The number of anilines is 2. The summed E-state index contributed by atoms with van der Waals surface area (Å²) in [7, 11) is 1.64. The van der Waals surface area contributed by atoms with Gasteiger partial charge in [-0.3, -0.25) is 14.4 Å². The highest BCUT2D eigenvalue weighted by Crippen LogP contribution is 2.39. The number of ether oxygens (including phenoxy) is 1. The number of nitrogens with one attached hydrogen (secondary N) is 3. The van der Waals surface area contributed by atoms with E-state index < -0.39 is 11.5 Å². The lowest BCUT2D eigenvalue weighted by Gasteiger charge is -2.21. The topological polar surface area (TPSA) is 151 Å². The third kappa shape index (κ3) is 6.69. The maximum atomic E-state index is 13.4. The predicted octanol–water partition coefficient (Wildman–Crippen LogP) is 6.32. The van der Waals surface area contributed by atoms with Gasteiger partial charge in [-0.2, -0.15) is 0 Å². The minimum Gasteiger partial charge on any atom is -0.457 e. The van der Waals surface area contributed by atoms with E-state index in [-0.39, 0.29) is 29.2 Å². The summed E-state index contributed by atoms with van der Waals surface area (Å²) < 4.78 is 7.71. The highest BCUT2D eigenvalue weighted by atomic mass is 16.5. The molecule has 242 valence electrons. The lowest BCUT2D eigenvalue weighted by Crippen LogP contribution is -2.23. The van der Waals surface area contributed by atoms with E-state index in [1.165, 1.54) is 4.57 Å². The average Bonchev–Trinajstić information content (AvgIpc) is 3.53. The highest BCUT2D eigenvalue weighted by molar-refractivity contribution is 6.06. The van der Waals surface area contributed by atoms with Crippen molar-refractivity contribution >= 4 is 34.1 Å². The molecule has 0 fully saturated rings. The van der Waals surface area contributed by atoms with Gasteiger partial charge in [-0.05, 0) is 79.6 Å². The Bertz CT molecular complexity index is 2200. The molecule has 0 atom stereocenters. The number of fused-ring (bicyclic) bond motifs is 1. The van der Waals surface area contributed by atoms with Crippen LogP contribution in [0.5, 0.6) is 11.5 Å². The number of carbonyl (C=O) groups excluding carboxylic acids is 2. The van der Waals surface area contributed by atoms with Crippen molar-refractivity contribution in [2.75, 3.05) is 11.1 Å². The van der Waals surface area contributed by atoms with Crippen LogP contribution in [0, 0.1) is 0 Å². The molecule has 6 N–H and O–H groups in total. The number of nitrogen functional groups attached to an aromatic ring is 1. The first-order valence-electron chi connectivity index (χ1n) is 15.3. The Hall–Kier alpha value is -6.13. The van der Waals surface area contributed by atoms with E-state index >= 15 is 0 Å². The van der Waals surface area contributed by atoms with E-state index in [0.717, 1.165) is 5.56 Å². The van der Waals surface area contributed by atoms with Gasteiger partial charge in [0.05, 0.1) is 17.0 Å². The summed E-state index contributed by atoms with van der Waals surface area (Å²) in [5.74, 6) is 0.432. The molecule has 2 heterocycles. The molecule has 2 amide bonds. The van der Waals surface area contributed by atoms with Gasteiger partial charge >= 0.3 is 0 Å². The number of aliphatic hydroxyl groups is 1. The number of para-hydroxylation sites is 3. The molecule has 0 aliphatic heterocycles. The molecule has 0 saturated carbocycles. The van der Waals surface area contributed by atoms with E-state index in [2.05, 4.69) is 15.6 Å². The van der Waals surface area contributed by atoms with Crippen molar-refractivity contribution in [1.82, 2.24) is 14.9 Å². The van der Waals surface area contributed by atoms with Gasteiger partial charge in [-0.25, -0.2) is 0 Å². The number of aryl methyl sites for hydroxylation is 1. The van der Waals surface area contributed by atoms with Crippen LogP contribution in [0.15, 0.2) is 114 Å². The second kappa shape index (κ2) is 12.9. The Morgan fingerprint density at radius 3 is 2.31 bits per heavy atom. The monoisotopic (exact) mass is 641 g/mol. The van der Waals surface area contributed by atoms with Gasteiger partial charge in [0.2, 0.25) is 0 Å². The zero-order valence-electron chi connectivity index (χ0n) is 26.7. The highest BCUT2D eigenvalue weighted by Gasteiger charge is 2.23. The fourth-order valence-electron chi connectivity index (χ4n) is 5.35. The Balaban J connectivity index is 1.27. The van der Waals surface area contributed by atoms with Crippen LogP contribution in [-0.2, 0) is 19.2 Å². The minimum absolute atomic E-state index is 0.190. The minimum atomic E-state index is -1.14. The van der Waals surface area contributed by atoms with Crippen LogP contribution >= 0.6 is 0 Å². The Morgan fingerprint density at radius 1 is 0.896 bits per heavy atom. The maximum Gasteiger partial charge on any atom is 0.274 e. The molecule has 0 aliphatic carbocycles. The number of rotatable bonds is 9. The molecule has 6 aromatic rings. The number of amides is 2. The number of pyridine rings is 1. The van der Waals surface area contributed by atoms with E-state index in [9.17, 15) is 19.5 Å². The second-order valence-electron chi connectivity index (χ2n) is 12.0. The van der Waals surface area contributed by atoms with Crippen LogP contribution in [0.25, 0.3) is 22.0 Å². The standard InChI is InChI=1S/C38H35N5O5/c1-38(2,47)25-17-18-33(48-26-9-5-4-6-10-26)27(19-25)29-22-43(3)37(46)34-28(29)20-32(41-34)36(45)40-21-23-13-15-24(16-14-23)35(44)42-31-12-8-7-11-30(31)39/h4-20,22,41,47H,21,39H2,1-3H3,(H,40,45)(H,42,44). The molecule has 0 saturated heterocycles. The molecule has 4 aromatic carbocycles. The maximum absolute atomic E-state index is 13.4. The first kappa shape index (κ1) is 31.8. The van der Waals surface area contributed by atoms with E-state index in [0.29, 0.717) is 50.5 Å². The van der Waals surface area contributed by atoms with Gasteiger partial charge in [-0.15, -0.1) is 0 Å². The second-order valence-corrected chi connectivity index (χ2v) is 12.0. The number of aromatic amines is 1. The van der Waals surface area contributed by atoms with Gasteiger partial charge in [0.1, 0.15) is 22.7 Å². The largest absolute Gasteiger partial charge is 0.457 e. The Labute approximate surface area is 276 Å². The molecular formula is C38H35N5O5. The SMILES string of the molecule is Cn1cc(-c2cc(C(C)(C)O)ccc2Oc2ccccc2)c2cc(C(=O)NCc3ccc(C(=O)Nc4ccccc4N)cc3)[nH]c2c1=O. The first-order valence-corrected chi connectivity index (χ1v) is 15.3. The van der Waals surface area contributed by atoms with Crippen LogP contribution in [0.3, 0.4) is 0 Å². The molecule has 48 heavy (non-hydrogen) atoms. The first-order chi connectivity index (χ1) is 23.0. The molecule has 2 aromatic heterocycles. The van der Waals surface area contributed by atoms with Crippen molar-refractivity contribution in [3.63, 3.8) is 0 Å². The molecule has 0 bridgehead atoms. The molecule has 0 radical (unpaired) electrons. The summed E-state index contributed by atoms with van der Waals surface area (Å²) >= 11 is 0. The molecule has 6 rings (SSSR count). The zero-order chi connectivity index (χ0) is 34.0. The van der Waals surface area contributed by atoms with Crippen LogP contribution in [0.4, 0.5) is 11.4 Å². The van der Waals surface area contributed by atoms with Crippen molar-refractivity contribution in [3.8, 4) is 22.6 Å². The van der Waals surface area contributed by atoms with Crippen LogP contribution in [0.2, 0.25) is 0 Å². The smallest absolute Gasteiger partial charge is 0.274 e. The van der Waals surface area contributed by atoms with Gasteiger partial charge in [0.25, 0.3) is 17.4 Å². The Morgan fingerprint density at radius 2 is 1.60 bits per heavy atom. The Kier molecular flexibility index (Phi) is 8.58. The molecule has 0 aliphatic rings. The van der Waals surface area contributed by atoms with Gasteiger partial charge < -0.3 is 35.8 Å². The fourth-order valence-corrected chi connectivity index (χ4v) is 5.35. The zero-order valence-corrected chi connectivity index (χ0v) is 26.7. The summed E-state index contributed by atoms with van der Waals surface area (Å²) in [5.41, 5.74) is 9.11. The summed E-state index contributed by atoms with van der Waals surface area (Å²) in [6.07, 6.45) is 1.70. The van der Waals surface area contributed by atoms with Gasteiger partial charge in [0, 0.05) is 41.9 Å². The van der Waals surface area contributed by atoms with Crippen molar-refractivity contribution < 1.29 is 19.4 Å². The summed E-state index contributed by atoms with van der Waals surface area (Å²) in [6.45, 7) is 3.58. The van der Waals surface area contributed by atoms with Crippen molar-refractivity contribution in [2.24, 2.45) is 7.05 Å². The number of nitrogens with two attached hydrogens (primary N) is 1. The predicted molar refractivity (Wildman–Crippen MR) is 187 cm³/mol. The summed E-state index contributed by atoms with van der Waals surface area (Å²) in [6, 6.07) is 30.3. The normalized spacial score (nSPS) is 11.3. The van der Waals surface area contributed by atoms with Crippen molar-refractivity contribution in [2.45, 2.75) is 26.0 Å². The van der Waals surface area contributed by atoms with Crippen molar-refractivity contribution in [1.29, 1.82) is 0 Å². The number of aromatic nitrogens is 2. The quantitative estimate of drug-likeness (QED) is 0.117.